The molecule has 6 N–H and O–H groups in total. The molecule has 0 fully saturated rings. The van der Waals surface area contributed by atoms with E-state index in [9.17, 15) is 28.8 Å². The van der Waals surface area contributed by atoms with Crippen LogP contribution in [-0.4, -0.2) is 103 Å². The number of rotatable bonds is 36. The summed E-state index contributed by atoms with van der Waals surface area (Å²) in [5.41, 5.74) is 11.4. The van der Waals surface area contributed by atoms with Gasteiger partial charge in [-0.25, -0.2) is 9.36 Å². The van der Waals surface area contributed by atoms with Gasteiger partial charge in [0.2, 0.25) is 17.7 Å². The number of benzene rings is 3. The first-order chi connectivity index (χ1) is 36.3. The van der Waals surface area contributed by atoms with Crippen molar-refractivity contribution in [1.82, 2.24) is 25.6 Å². The molecular weight excluding hydrogens is 955 g/mol. The lowest BCUT2D eigenvalue weighted by Crippen LogP contribution is -2.45. The second kappa shape index (κ2) is 32.9. The summed E-state index contributed by atoms with van der Waals surface area (Å²) in [6, 6.07) is 27.9. The number of Topliss-reactive ketones (excluding diaryl/α,β-unsaturated/α-hetero) is 2. The Labute approximate surface area is 440 Å². The number of unbranched alkanes of at least 4 members (excludes halogenated alkanes) is 4. The Morgan fingerprint density at radius 2 is 1.36 bits per heavy atom. The topological polar surface area (TPSA) is 239 Å². The molecule has 0 bridgehead atoms. The van der Waals surface area contributed by atoms with Gasteiger partial charge in [-0.3, -0.25) is 28.7 Å². The number of pyridine rings is 1. The third-order valence-electron chi connectivity index (χ3n) is 12.3. The number of carbonyl (C=O) groups is 6. The molecule has 5 aromatic rings. The zero-order valence-electron chi connectivity index (χ0n) is 43.8. The maximum atomic E-state index is 13.8. The molecule has 2 atom stereocenters. The molecule has 0 unspecified atom stereocenters. The van der Waals surface area contributed by atoms with Crippen molar-refractivity contribution in [3.05, 3.63) is 115 Å². The van der Waals surface area contributed by atoms with E-state index in [4.69, 9.17) is 19.9 Å². The summed E-state index contributed by atoms with van der Waals surface area (Å²) in [6.45, 7) is 8.55. The van der Waals surface area contributed by atoms with Crippen molar-refractivity contribution in [3.8, 4) is 22.4 Å². The van der Waals surface area contributed by atoms with E-state index in [0.717, 1.165) is 72.3 Å². The molecule has 0 saturated heterocycles. The molecule has 18 heteroatoms. The van der Waals surface area contributed by atoms with Gasteiger partial charge < -0.3 is 41.2 Å². The standard InChI is InChI=1S/C57H75N9O9/c1-42(2)55(62-54(70)28-33-74-35-37-75-36-34-73-32-27-43(3)67)52(68)38-46(18-14-29-59-57(58)72)56(71)60-48-25-23-44(24-26-48)39-65-30-15-19-47(40-65)51-41-66(64-63-51)31-13-6-4-5-10-22-53(69)61-50-21-12-11-20-49(50)45-16-8-7-9-17-45/h7-9,11-12,15-17,19-21,23-26,30,40-42,46,55H,4-6,10,13-14,18,22,27-29,31-39H2,1-3H3,(H5-,58,59,60,61,62,69,70,71,72)/p+1/t46-,55+/m1/s1. The van der Waals surface area contributed by atoms with Gasteiger partial charge in [-0.2, -0.15) is 0 Å². The fraction of sp³-hybridized carbons (Fsp3) is 0.456. The molecule has 5 rings (SSSR count). The molecule has 0 spiro atoms. The van der Waals surface area contributed by atoms with Gasteiger partial charge in [0.1, 0.15) is 11.5 Å². The van der Waals surface area contributed by atoms with E-state index in [1.807, 2.05) is 128 Å². The number of hydrogen-bond donors (Lipinski definition) is 5. The maximum Gasteiger partial charge on any atom is 0.312 e. The Kier molecular flexibility index (Phi) is 25.8. The summed E-state index contributed by atoms with van der Waals surface area (Å²) in [4.78, 5) is 75.4. The number of hydrogen-bond acceptors (Lipinski definition) is 11. The lowest BCUT2D eigenvalue weighted by Gasteiger charge is -2.24. The van der Waals surface area contributed by atoms with Gasteiger partial charge in [0, 0.05) is 73.3 Å². The van der Waals surface area contributed by atoms with Crippen LogP contribution < -0.4 is 31.6 Å². The Hall–Kier alpha value is -7.15. The Balaban J connectivity index is 1.03. The highest BCUT2D eigenvalue weighted by Crippen LogP contribution is 2.28. The average Bonchev–Trinajstić information content (AvgIpc) is 3.87. The van der Waals surface area contributed by atoms with Crippen LogP contribution in [0.5, 0.6) is 0 Å². The van der Waals surface area contributed by atoms with Crippen LogP contribution in [0.1, 0.15) is 97.0 Å². The smallest absolute Gasteiger partial charge is 0.312 e. The zero-order valence-corrected chi connectivity index (χ0v) is 43.8. The monoisotopic (exact) mass is 1030 g/mol. The van der Waals surface area contributed by atoms with Crippen LogP contribution in [0, 0.1) is 11.8 Å². The summed E-state index contributed by atoms with van der Waals surface area (Å²) >= 11 is 0. The first-order valence-corrected chi connectivity index (χ1v) is 26.2. The number of ether oxygens (including phenoxy) is 3. The highest BCUT2D eigenvalue weighted by molar-refractivity contribution is 5.98. The molecule has 5 amide bonds. The van der Waals surface area contributed by atoms with Gasteiger partial charge in [-0.15, -0.1) is 5.10 Å². The van der Waals surface area contributed by atoms with Crippen LogP contribution in [0.25, 0.3) is 22.4 Å². The number of nitrogens with two attached hydrogens (primary N) is 1. The second-order valence-electron chi connectivity index (χ2n) is 18.9. The third kappa shape index (κ3) is 22.5. The van der Waals surface area contributed by atoms with Gasteiger partial charge in [0.05, 0.1) is 57.4 Å². The highest BCUT2D eigenvalue weighted by Gasteiger charge is 2.29. The molecule has 2 heterocycles. The fourth-order valence-corrected chi connectivity index (χ4v) is 8.27. The van der Waals surface area contributed by atoms with Gasteiger partial charge in [-0.1, -0.05) is 99.0 Å². The van der Waals surface area contributed by atoms with Crippen molar-refractivity contribution in [3.63, 3.8) is 0 Å². The number of primary amides is 1. The molecule has 0 aliphatic heterocycles. The van der Waals surface area contributed by atoms with Crippen molar-refractivity contribution in [2.24, 2.45) is 17.6 Å². The van der Waals surface area contributed by atoms with Crippen LogP contribution in [-0.2, 0) is 51.3 Å². The molecular formula is C57H76N9O9+. The molecule has 0 saturated carbocycles. The van der Waals surface area contributed by atoms with E-state index < -0.39 is 18.0 Å². The average molecular weight is 1030 g/mol. The molecule has 402 valence electrons. The van der Waals surface area contributed by atoms with Gasteiger partial charge in [0.15, 0.2) is 24.7 Å². The number of aromatic nitrogens is 4. The van der Waals surface area contributed by atoms with Crippen LogP contribution in [0.15, 0.2) is 110 Å². The van der Waals surface area contributed by atoms with Crippen LogP contribution in [0.3, 0.4) is 0 Å². The van der Waals surface area contributed by atoms with Crippen molar-refractivity contribution in [2.45, 2.75) is 111 Å². The number of aryl methyl sites for hydroxylation is 1. The maximum absolute atomic E-state index is 13.8. The van der Waals surface area contributed by atoms with E-state index in [2.05, 4.69) is 36.1 Å². The van der Waals surface area contributed by atoms with Crippen molar-refractivity contribution < 1.29 is 47.5 Å². The van der Waals surface area contributed by atoms with Crippen molar-refractivity contribution >= 4 is 46.7 Å². The normalized spacial score (nSPS) is 11.9. The summed E-state index contributed by atoms with van der Waals surface area (Å²) in [5.74, 6) is -1.86. The highest BCUT2D eigenvalue weighted by atomic mass is 16.5. The summed E-state index contributed by atoms with van der Waals surface area (Å²) in [7, 11) is 0. The van der Waals surface area contributed by atoms with Crippen molar-refractivity contribution in [1.29, 1.82) is 0 Å². The largest absolute Gasteiger partial charge is 0.379 e. The Bertz CT molecular complexity index is 2550. The van der Waals surface area contributed by atoms with Gasteiger partial charge in [-0.05, 0) is 68.4 Å². The number of para-hydroxylation sites is 1. The quantitative estimate of drug-likeness (QED) is 0.0195. The van der Waals surface area contributed by atoms with E-state index in [1.54, 1.807) is 0 Å². The molecule has 18 nitrogen and oxygen atoms in total. The Morgan fingerprint density at radius 1 is 0.693 bits per heavy atom. The number of urea groups is 1. The van der Waals surface area contributed by atoms with Gasteiger partial charge in [0.25, 0.3) is 0 Å². The number of carbonyl (C=O) groups excluding carboxylic acids is 6. The van der Waals surface area contributed by atoms with Crippen LogP contribution in [0.4, 0.5) is 16.2 Å². The zero-order chi connectivity index (χ0) is 53.6. The predicted octanol–water partition coefficient (Wildman–Crippen LogP) is 7.45. The molecule has 75 heavy (non-hydrogen) atoms. The van der Waals surface area contributed by atoms with Crippen LogP contribution in [0.2, 0.25) is 0 Å². The molecule has 0 aliphatic carbocycles. The lowest BCUT2D eigenvalue weighted by molar-refractivity contribution is -0.687. The summed E-state index contributed by atoms with van der Waals surface area (Å²) < 4.78 is 20.2. The molecule has 0 aliphatic rings. The summed E-state index contributed by atoms with van der Waals surface area (Å²) in [5, 5.41) is 20.2. The van der Waals surface area contributed by atoms with Crippen molar-refractivity contribution in [2.75, 3.05) is 56.8 Å². The van der Waals surface area contributed by atoms with E-state index in [-0.39, 0.29) is 67.8 Å². The third-order valence-corrected chi connectivity index (χ3v) is 12.3. The number of nitrogens with one attached hydrogen (secondary N) is 4. The second-order valence-corrected chi connectivity index (χ2v) is 18.9. The number of ketones is 2. The SMILES string of the molecule is CC(=O)CCOCCOCCOCCC(=O)N[C@H](C(=O)C[C@@H](CCCNC(N)=O)C(=O)Nc1ccc(C[n+]2cccc(-c3cn(CCCCCCCC(=O)Nc4ccccc4-c4ccccc4)nn3)c2)cc1)C(C)C. The Morgan fingerprint density at radius 3 is 2.08 bits per heavy atom. The van der Waals surface area contributed by atoms with Gasteiger partial charge >= 0.3 is 6.03 Å². The minimum atomic E-state index is -0.818. The minimum Gasteiger partial charge on any atom is -0.379 e. The number of nitrogens with zero attached hydrogens (tertiary/aromatic N) is 4. The minimum absolute atomic E-state index is 0.0285. The van der Waals surface area contributed by atoms with E-state index in [1.165, 1.54) is 6.92 Å². The van der Waals surface area contributed by atoms with E-state index >= 15 is 0 Å². The molecule has 2 aromatic heterocycles. The number of amides is 5. The number of anilines is 2. The first-order valence-electron chi connectivity index (χ1n) is 26.2. The lowest BCUT2D eigenvalue weighted by atomic mass is 9.89. The fourth-order valence-electron chi connectivity index (χ4n) is 8.27. The summed E-state index contributed by atoms with van der Waals surface area (Å²) in [6.07, 6.45) is 12.2. The van der Waals surface area contributed by atoms with E-state index in [0.29, 0.717) is 64.3 Å². The molecule has 3 aromatic carbocycles. The predicted molar refractivity (Wildman–Crippen MR) is 287 cm³/mol. The van der Waals surface area contributed by atoms with Crippen LogP contribution >= 0.6 is 0 Å². The molecule has 0 radical (unpaired) electrons. The first kappa shape index (κ1) is 58.7.